The molecule has 0 radical (unpaired) electrons. The molecule has 174 valence electrons. The van der Waals surface area contributed by atoms with Crippen molar-refractivity contribution < 1.29 is 13.7 Å². The zero-order chi connectivity index (χ0) is 24.2. The van der Waals surface area contributed by atoms with Gasteiger partial charge in [0, 0.05) is 27.9 Å². The van der Waals surface area contributed by atoms with Gasteiger partial charge in [0.2, 0.25) is 17.6 Å². The molecule has 2 heterocycles. The third-order valence-electron chi connectivity index (χ3n) is 5.39. The third-order valence-corrected chi connectivity index (χ3v) is 5.76. The highest BCUT2D eigenvalue weighted by Crippen LogP contribution is 2.21. The topological polar surface area (TPSA) is 85.8 Å². The first-order valence-corrected chi connectivity index (χ1v) is 11.0. The van der Waals surface area contributed by atoms with Crippen LogP contribution < -0.4 is 5.32 Å². The molecule has 4 rings (SSSR count). The van der Waals surface area contributed by atoms with Crippen molar-refractivity contribution in [3.05, 3.63) is 93.9 Å². The zero-order valence-electron chi connectivity index (χ0n) is 18.9. The van der Waals surface area contributed by atoms with Gasteiger partial charge in [0.05, 0.1) is 12.2 Å². The maximum atomic E-state index is 13.1. The molecule has 0 bridgehead atoms. The summed E-state index contributed by atoms with van der Waals surface area (Å²) in [6.45, 7) is 6.13. The average molecular weight is 480 g/mol. The van der Waals surface area contributed by atoms with Crippen molar-refractivity contribution in [3.63, 3.8) is 0 Å². The van der Waals surface area contributed by atoms with E-state index >= 15 is 0 Å². The fourth-order valence-corrected chi connectivity index (χ4v) is 3.70. The van der Waals surface area contributed by atoms with Crippen LogP contribution in [0, 0.1) is 19.7 Å². The second kappa shape index (κ2) is 10.0. The highest BCUT2D eigenvalue weighted by Gasteiger charge is 2.17. The van der Waals surface area contributed by atoms with E-state index < -0.39 is 6.04 Å². The number of aromatic nitrogens is 4. The van der Waals surface area contributed by atoms with Crippen LogP contribution in [0.1, 0.15) is 41.4 Å². The molecule has 0 saturated heterocycles. The molecule has 2 aromatic carbocycles. The largest absolute Gasteiger partial charge is 0.341 e. The van der Waals surface area contributed by atoms with Crippen molar-refractivity contribution >= 4 is 23.6 Å². The smallest absolute Gasteiger partial charge is 0.249 e. The lowest BCUT2D eigenvalue weighted by molar-refractivity contribution is -0.117. The van der Waals surface area contributed by atoms with Gasteiger partial charge in [0.25, 0.3) is 0 Å². The van der Waals surface area contributed by atoms with Gasteiger partial charge in [0.1, 0.15) is 11.9 Å². The minimum Gasteiger partial charge on any atom is -0.341 e. The molecule has 7 nitrogen and oxygen atoms in total. The Bertz CT molecular complexity index is 1340. The van der Waals surface area contributed by atoms with Gasteiger partial charge >= 0.3 is 0 Å². The Morgan fingerprint density at radius 2 is 1.94 bits per heavy atom. The van der Waals surface area contributed by atoms with Crippen molar-refractivity contribution in [3.8, 4) is 11.4 Å². The molecule has 1 atom stereocenters. The van der Waals surface area contributed by atoms with Crippen LogP contribution in [0.4, 0.5) is 4.39 Å². The van der Waals surface area contributed by atoms with Gasteiger partial charge in [-0.05, 0) is 62.7 Å². The van der Waals surface area contributed by atoms with Crippen molar-refractivity contribution in [2.75, 3.05) is 0 Å². The Balaban J connectivity index is 1.42. The standard InChI is InChI=1S/C25H23ClFN5O2/c1-15-21(17(3)32(30-15)14-19-6-4-5-7-22(19)26)12-13-23(33)28-16(2)25-29-24(31-34-25)18-8-10-20(27)11-9-18/h4-13,16H,14H2,1-3H3,(H,28,33)/b13-12+. The maximum Gasteiger partial charge on any atom is 0.249 e. The molecule has 0 aliphatic carbocycles. The van der Waals surface area contributed by atoms with Gasteiger partial charge in [-0.25, -0.2) is 4.39 Å². The van der Waals surface area contributed by atoms with E-state index in [-0.39, 0.29) is 17.6 Å². The van der Waals surface area contributed by atoms with E-state index in [1.54, 1.807) is 25.1 Å². The molecule has 1 amide bonds. The summed E-state index contributed by atoms with van der Waals surface area (Å²) in [5.41, 5.74) is 4.19. The molecule has 0 aliphatic rings. The molecule has 9 heteroatoms. The molecular weight excluding hydrogens is 457 g/mol. The highest BCUT2D eigenvalue weighted by molar-refractivity contribution is 6.31. The highest BCUT2D eigenvalue weighted by atomic mass is 35.5. The number of amides is 1. The maximum absolute atomic E-state index is 13.1. The van der Waals surface area contributed by atoms with Crippen LogP contribution in [-0.2, 0) is 11.3 Å². The van der Waals surface area contributed by atoms with Crippen molar-refractivity contribution in [2.24, 2.45) is 0 Å². The van der Waals surface area contributed by atoms with E-state index in [0.717, 1.165) is 22.5 Å². The number of halogens is 2. The number of aryl methyl sites for hydroxylation is 1. The van der Waals surface area contributed by atoms with Crippen LogP contribution in [0.2, 0.25) is 5.02 Å². The molecule has 1 N–H and O–H groups in total. The minimum absolute atomic E-state index is 0.251. The van der Waals surface area contributed by atoms with Gasteiger partial charge < -0.3 is 9.84 Å². The Morgan fingerprint density at radius 1 is 1.21 bits per heavy atom. The van der Waals surface area contributed by atoms with Crippen molar-refractivity contribution in [1.82, 2.24) is 25.2 Å². The molecule has 0 fully saturated rings. The van der Waals surface area contributed by atoms with Crippen LogP contribution in [-0.4, -0.2) is 25.8 Å². The summed E-state index contributed by atoms with van der Waals surface area (Å²) >= 11 is 6.28. The molecule has 0 spiro atoms. The van der Waals surface area contributed by atoms with Gasteiger partial charge in [-0.15, -0.1) is 0 Å². The Kier molecular flexibility index (Phi) is 6.88. The summed E-state index contributed by atoms with van der Waals surface area (Å²) in [5, 5.41) is 12.0. The Labute approximate surface area is 201 Å². The normalized spacial score (nSPS) is 12.3. The molecule has 2 aromatic heterocycles. The number of carbonyl (C=O) groups is 1. The first-order valence-electron chi connectivity index (χ1n) is 10.7. The molecule has 4 aromatic rings. The number of hydrogen-bond acceptors (Lipinski definition) is 5. The van der Waals surface area contributed by atoms with Gasteiger partial charge in [0.15, 0.2) is 0 Å². The van der Waals surface area contributed by atoms with E-state index in [1.165, 1.54) is 18.2 Å². The van der Waals surface area contributed by atoms with E-state index in [9.17, 15) is 9.18 Å². The van der Waals surface area contributed by atoms with Crippen LogP contribution in [0.5, 0.6) is 0 Å². The Morgan fingerprint density at radius 3 is 2.68 bits per heavy atom. The molecule has 1 unspecified atom stereocenters. The summed E-state index contributed by atoms with van der Waals surface area (Å²) in [4.78, 5) is 16.8. The average Bonchev–Trinajstić information content (AvgIpc) is 3.40. The minimum atomic E-state index is -0.510. The van der Waals surface area contributed by atoms with Crippen LogP contribution in [0.15, 0.2) is 59.1 Å². The summed E-state index contributed by atoms with van der Waals surface area (Å²) in [5.74, 6) is -0.0868. The lowest BCUT2D eigenvalue weighted by Gasteiger charge is -2.07. The lowest BCUT2D eigenvalue weighted by Crippen LogP contribution is -2.24. The van der Waals surface area contributed by atoms with E-state index in [2.05, 4.69) is 20.6 Å². The lowest BCUT2D eigenvalue weighted by atomic mass is 10.1. The molecule has 0 aliphatic heterocycles. The Hall–Kier alpha value is -3.78. The van der Waals surface area contributed by atoms with Gasteiger partial charge in [-0.3, -0.25) is 9.48 Å². The SMILES string of the molecule is Cc1nn(Cc2ccccc2Cl)c(C)c1/C=C/C(=O)NC(C)c1nc(-c2ccc(F)cc2)no1. The fourth-order valence-electron chi connectivity index (χ4n) is 3.50. The molecule has 0 saturated carbocycles. The predicted octanol–water partition coefficient (Wildman–Crippen LogP) is 5.28. The quantitative estimate of drug-likeness (QED) is 0.364. The number of nitrogens with zero attached hydrogens (tertiary/aromatic N) is 4. The van der Waals surface area contributed by atoms with Gasteiger partial charge in [-0.1, -0.05) is 35.0 Å². The summed E-state index contributed by atoms with van der Waals surface area (Å²) < 4.78 is 20.2. The van der Waals surface area contributed by atoms with E-state index in [1.807, 2.05) is 42.8 Å². The second-order valence-corrected chi connectivity index (χ2v) is 8.27. The number of rotatable bonds is 7. The van der Waals surface area contributed by atoms with Crippen molar-refractivity contribution in [1.29, 1.82) is 0 Å². The van der Waals surface area contributed by atoms with Crippen molar-refractivity contribution in [2.45, 2.75) is 33.4 Å². The number of benzene rings is 2. The van der Waals surface area contributed by atoms with E-state index in [4.69, 9.17) is 16.1 Å². The van der Waals surface area contributed by atoms with Crippen LogP contribution in [0.25, 0.3) is 17.5 Å². The molecular formula is C25H23ClFN5O2. The summed E-state index contributed by atoms with van der Waals surface area (Å²) in [7, 11) is 0. The van der Waals surface area contributed by atoms with Gasteiger partial charge in [-0.2, -0.15) is 10.1 Å². The second-order valence-electron chi connectivity index (χ2n) is 7.86. The van der Waals surface area contributed by atoms with Crippen LogP contribution in [0.3, 0.4) is 0 Å². The summed E-state index contributed by atoms with van der Waals surface area (Å²) in [6.07, 6.45) is 3.19. The number of carbonyl (C=O) groups excluding carboxylic acids is 1. The number of hydrogen-bond donors (Lipinski definition) is 1. The fraction of sp³-hybridized carbons (Fsp3) is 0.200. The van der Waals surface area contributed by atoms with Crippen LogP contribution >= 0.6 is 11.6 Å². The molecule has 34 heavy (non-hydrogen) atoms. The predicted molar refractivity (Wildman–Crippen MR) is 128 cm³/mol. The van der Waals surface area contributed by atoms with E-state index in [0.29, 0.717) is 23.0 Å². The first kappa shape index (κ1) is 23.4. The monoisotopic (exact) mass is 479 g/mol. The third kappa shape index (κ3) is 5.23. The summed E-state index contributed by atoms with van der Waals surface area (Å²) in [6, 6.07) is 12.9. The first-order chi connectivity index (χ1) is 16.3. The zero-order valence-corrected chi connectivity index (χ0v) is 19.7. The number of nitrogens with one attached hydrogen (secondary N) is 1.